The SMILES string of the molecule is CCCC(C)(CNC(C)C)CN(CCC(C)C)C1CC1. The molecule has 1 atom stereocenters. The van der Waals surface area contributed by atoms with Gasteiger partial charge in [-0.15, -0.1) is 0 Å². The van der Waals surface area contributed by atoms with Crippen LogP contribution in [0.2, 0.25) is 0 Å². The molecule has 0 aromatic rings. The smallest absolute Gasteiger partial charge is 0.00966 e. The highest BCUT2D eigenvalue weighted by molar-refractivity contribution is 4.90. The summed E-state index contributed by atoms with van der Waals surface area (Å²) in [6.45, 7) is 17.7. The first-order valence-corrected chi connectivity index (χ1v) is 8.83. The Kier molecular flexibility index (Phi) is 7.53. The summed E-state index contributed by atoms with van der Waals surface area (Å²) in [5.74, 6) is 0.822. The van der Waals surface area contributed by atoms with Crippen LogP contribution in [-0.2, 0) is 0 Å². The number of hydrogen-bond donors (Lipinski definition) is 1. The average Bonchev–Trinajstić information content (AvgIpc) is 3.16. The Balaban J connectivity index is 2.54. The van der Waals surface area contributed by atoms with Gasteiger partial charge in [0, 0.05) is 25.2 Å². The highest BCUT2D eigenvalue weighted by Gasteiger charge is 2.34. The van der Waals surface area contributed by atoms with Crippen molar-refractivity contribution in [1.29, 1.82) is 0 Å². The van der Waals surface area contributed by atoms with Crippen molar-refractivity contribution >= 4 is 0 Å². The van der Waals surface area contributed by atoms with Gasteiger partial charge in [0.25, 0.3) is 0 Å². The van der Waals surface area contributed by atoms with Crippen molar-refractivity contribution < 1.29 is 0 Å². The van der Waals surface area contributed by atoms with E-state index in [4.69, 9.17) is 0 Å². The average molecular weight is 283 g/mol. The van der Waals surface area contributed by atoms with E-state index in [0.29, 0.717) is 11.5 Å². The van der Waals surface area contributed by atoms with Crippen molar-refractivity contribution in [3.8, 4) is 0 Å². The van der Waals surface area contributed by atoms with Gasteiger partial charge in [-0.25, -0.2) is 0 Å². The molecule has 0 aromatic heterocycles. The highest BCUT2D eigenvalue weighted by atomic mass is 15.2. The van der Waals surface area contributed by atoms with Crippen LogP contribution in [0.15, 0.2) is 0 Å². The summed E-state index contributed by atoms with van der Waals surface area (Å²) in [6.07, 6.45) is 6.82. The highest BCUT2D eigenvalue weighted by Crippen LogP contribution is 2.32. The normalized spacial score (nSPS) is 19.1. The van der Waals surface area contributed by atoms with Crippen LogP contribution >= 0.6 is 0 Å². The second-order valence-corrected chi connectivity index (χ2v) is 7.98. The van der Waals surface area contributed by atoms with E-state index in [-0.39, 0.29) is 0 Å². The van der Waals surface area contributed by atoms with Crippen molar-refractivity contribution in [2.24, 2.45) is 11.3 Å². The van der Waals surface area contributed by atoms with E-state index in [0.717, 1.165) is 18.5 Å². The number of hydrogen-bond acceptors (Lipinski definition) is 2. The van der Waals surface area contributed by atoms with Gasteiger partial charge in [-0.3, -0.25) is 4.90 Å². The van der Waals surface area contributed by atoms with E-state index in [9.17, 15) is 0 Å². The second kappa shape index (κ2) is 8.38. The standard InChI is InChI=1S/C18H38N2/c1-7-11-18(6,13-19-16(4)5)14-20(17-8-9-17)12-10-15(2)3/h15-17,19H,7-14H2,1-6H3. The lowest BCUT2D eigenvalue weighted by Gasteiger charge is -2.37. The minimum Gasteiger partial charge on any atom is -0.314 e. The molecule has 1 rings (SSSR count). The van der Waals surface area contributed by atoms with Crippen molar-refractivity contribution in [3.05, 3.63) is 0 Å². The molecule has 0 spiro atoms. The zero-order valence-electron chi connectivity index (χ0n) is 14.8. The first-order valence-electron chi connectivity index (χ1n) is 8.83. The van der Waals surface area contributed by atoms with Crippen molar-refractivity contribution in [2.45, 2.75) is 85.7 Å². The van der Waals surface area contributed by atoms with Crippen molar-refractivity contribution in [3.63, 3.8) is 0 Å². The summed E-state index contributed by atoms with van der Waals surface area (Å²) >= 11 is 0. The van der Waals surface area contributed by atoms with E-state index in [1.807, 2.05) is 0 Å². The Morgan fingerprint density at radius 2 is 1.85 bits per heavy atom. The summed E-state index contributed by atoms with van der Waals surface area (Å²) in [5.41, 5.74) is 0.429. The van der Waals surface area contributed by atoms with Gasteiger partial charge in [0.2, 0.25) is 0 Å². The lowest BCUT2D eigenvalue weighted by Crippen LogP contribution is -2.45. The maximum Gasteiger partial charge on any atom is 0.00966 e. The fourth-order valence-corrected chi connectivity index (χ4v) is 3.02. The van der Waals surface area contributed by atoms with E-state index >= 15 is 0 Å². The molecule has 20 heavy (non-hydrogen) atoms. The van der Waals surface area contributed by atoms with Gasteiger partial charge < -0.3 is 5.32 Å². The fourth-order valence-electron chi connectivity index (χ4n) is 3.02. The summed E-state index contributed by atoms with van der Waals surface area (Å²) in [5, 5.41) is 3.67. The molecule has 1 aliphatic rings. The molecule has 1 aliphatic carbocycles. The minimum atomic E-state index is 0.429. The monoisotopic (exact) mass is 282 g/mol. The van der Waals surface area contributed by atoms with E-state index < -0.39 is 0 Å². The first kappa shape index (κ1) is 18.0. The molecule has 0 heterocycles. The largest absolute Gasteiger partial charge is 0.314 e. The Bertz CT molecular complexity index is 258. The van der Waals surface area contributed by atoms with E-state index in [2.05, 4.69) is 51.8 Å². The maximum absolute atomic E-state index is 3.67. The number of nitrogens with one attached hydrogen (secondary N) is 1. The van der Waals surface area contributed by atoms with Crippen molar-refractivity contribution in [2.75, 3.05) is 19.6 Å². The topological polar surface area (TPSA) is 15.3 Å². The molecular formula is C18H38N2. The van der Waals surface area contributed by atoms with Gasteiger partial charge in [0.05, 0.1) is 0 Å². The zero-order valence-corrected chi connectivity index (χ0v) is 14.8. The summed E-state index contributed by atoms with van der Waals surface area (Å²) in [6, 6.07) is 1.49. The predicted octanol–water partition coefficient (Wildman–Crippen LogP) is 4.30. The third-order valence-corrected chi connectivity index (χ3v) is 4.43. The molecular weight excluding hydrogens is 244 g/mol. The fraction of sp³-hybridized carbons (Fsp3) is 1.00. The third-order valence-electron chi connectivity index (χ3n) is 4.43. The Morgan fingerprint density at radius 1 is 1.20 bits per heavy atom. The van der Waals surface area contributed by atoms with Gasteiger partial charge in [-0.05, 0) is 43.6 Å². The molecule has 2 heteroatoms. The molecule has 120 valence electrons. The molecule has 0 amide bonds. The van der Waals surface area contributed by atoms with Crippen LogP contribution in [0.5, 0.6) is 0 Å². The summed E-state index contributed by atoms with van der Waals surface area (Å²) in [7, 11) is 0. The molecule has 0 aromatic carbocycles. The van der Waals surface area contributed by atoms with Crippen LogP contribution in [0, 0.1) is 11.3 Å². The maximum atomic E-state index is 3.67. The molecule has 1 fully saturated rings. The first-order chi connectivity index (χ1) is 9.36. The third kappa shape index (κ3) is 7.08. The van der Waals surface area contributed by atoms with Crippen LogP contribution in [0.3, 0.4) is 0 Å². The van der Waals surface area contributed by atoms with E-state index in [1.165, 1.54) is 45.2 Å². The van der Waals surface area contributed by atoms with Gasteiger partial charge in [-0.2, -0.15) is 0 Å². The number of nitrogens with zero attached hydrogens (tertiary/aromatic N) is 1. The lowest BCUT2D eigenvalue weighted by atomic mass is 9.84. The van der Waals surface area contributed by atoms with E-state index in [1.54, 1.807) is 0 Å². The predicted molar refractivity (Wildman–Crippen MR) is 90.2 cm³/mol. The molecule has 0 saturated heterocycles. The second-order valence-electron chi connectivity index (χ2n) is 7.98. The quantitative estimate of drug-likeness (QED) is 0.608. The van der Waals surface area contributed by atoms with Gasteiger partial charge in [0.1, 0.15) is 0 Å². The van der Waals surface area contributed by atoms with Gasteiger partial charge in [-0.1, -0.05) is 48.0 Å². The van der Waals surface area contributed by atoms with Gasteiger partial charge >= 0.3 is 0 Å². The number of rotatable bonds is 11. The zero-order chi connectivity index (χ0) is 15.2. The van der Waals surface area contributed by atoms with Crippen LogP contribution < -0.4 is 5.32 Å². The Labute approximate surface area is 127 Å². The molecule has 1 unspecified atom stereocenters. The summed E-state index contributed by atoms with van der Waals surface area (Å²) < 4.78 is 0. The molecule has 1 N–H and O–H groups in total. The molecule has 0 bridgehead atoms. The van der Waals surface area contributed by atoms with Gasteiger partial charge in [0.15, 0.2) is 0 Å². The van der Waals surface area contributed by atoms with Crippen LogP contribution in [0.1, 0.15) is 73.6 Å². The minimum absolute atomic E-state index is 0.429. The Morgan fingerprint density at radius 3 is 2.30 bits per heavy atom. The molecule has 2 nitrogen and oxygen atoms in total. The van der Waals surface area contributed by atoms with Crippen LogP contribution in [0.25, 0.3) is 0 Å². The lowest BCUT2D eigenvalue weighted by molar-refractivity contribution is 0.135. The molecule has 1 saturated carbocycles. The summed E-state index contributed by atoms with van der Waals surface area (Å²) in [4.78, 5) is 2.79. The van der Waals surface area contributed by atoms with Crippen LogP contribution in [-0.4, -0.2) is 36.6 Å². The van der Waals surface area contributed by atoms with Crippen molar-refractivity contribution in [1.82, 2.24) is 10.2 Å². The molecule has 0 aliphatic heterocycles. The Hall–Kier alpha value is -0.0800. The van der Waals surface area contributed by atoms with Crippen LogP contribution in [0.4, 0.5) is 0 Å². The molecule has 0 radical (unpaired) electrons.